The molecular formula is C26H31FN4O2. The molecule has 1 saturated heterocycles. The summed E-state index contributed by atoms with van der Waals surface area (Å²) >= 11 is 0. The number of anilines is 1. The van der Waals surface area contributed by atoms with Gasteiger partial charge in [0.15, 0.2) is 0 Å². The van der Waals surface area contributed by atoms with Crippen molar-refractivity contribution in [1.29, 1.82) is 5.41 Å². The fraction of sp³-hybridized carbons (Fsp3) is 0.385. The van der Waals surface area contributed by atoms with Gasteiger partial charge in [-0.1, -0.05) is 18.2 Å². The first-order valence-electron chi connectivity index (χ1n) is 11.6. The van der Waals surface area contributed by atoms with E-state index in [4.69, 9.17) is 10.1 Å². The molecule has 6 nitrogen and oxygen atoms in total. The second kappa shape index (κ2) is 10.2. The summed E-state index contributed by atoms with van der Waals surface area (Å²) in [4.78, 5) is 13.9. The third kappa shape index (κ3) is 4.93. The van der Waals surface area contributed by atoms with Crippen LogP contribution >= 0.6 is 0 Å². The van der Waals surface area contributed by atoms with E-state index in [1.54, 1.807) is 6.20 Å². The average Bonchev–Trinajstić information content (AvgIpc) is 2.82. The van der Waals surface area contributed by atoms with E-state index in [1.807, 2.05) is 37.3 Å². The lowest BCUT2D eigenvalue weighted by Crippen LogP contribution is -2.41. The molecule has 0 aliphatic carbocycles. The highest BCUT2D eigenvalue weighted by Gasteiger charge is 2.33. The highest BCUT2D eigenvalue weighted by molar-refractivity contribution is 6.10. The number of benzene rings is 2. The predicted octanol–water partition coefficient (Wildman–Crippen LogP) is 4.64. The van der Waals surface area contributed by atoms with Crippen LogP contribution in [0, 0.1) is 11.2 Å². The number of fused-ring (bicyclic) bond motifs is 1. The van der Waals surface area contributed by atoms with Crippen molar-refractivity contribution in [2.75, 3.05) is 18.0 Å². The highest BCUT2D eigenvalue weighted by atomic mass is 19.1. The number of carbonyl (C=O) groups is 1. The molecule has 1 amide bonds. The molecule has 1 atom stereocenters. The van der Waals surface area contributed by atoms with Gasteiger partial charge in [-0.2, -0.15) is 0 Å². The van der Waals surface area contributed by atoms with Crippen molar-refractivity contribution in [1.82, 2.24) is 10.6 Å². The zero-order valence-corrected chi connectivity index (χ0v) is 19.2. The summed E-state index contributed by atoms with van der Waals surface area (Å²) in [7, 11) is 0. The van der Waals surface area contributed by atoms with Crippen molar-refractivity contribution in [3.63, 3.8) is 0 Å². The maximum absolute atomic E-state index is 15.5. The van der Waals surface area contributed by atoms with Gasteiger partial charge in [0.2, 0.25) is 5.91 Å². The Bertz CT molecular complexity index is 1050. The lowest BCUT2D eigenvalue weighted by molar-refractivity contribution is -0.117. The molecule has 4 rings (SSSR count). The minimum Gasteiger partial charge on any atom is -0.456 e. The van der Waals surface area contributed by atoms with Crippen molar-refractivity contribution in [3.05, 3.63) is 59.5 Å². The summed E-state index contributed by atoms with van der Waals surface area (Å²) in [6.45, 7) is 5.28. The van der Waals surface area contributed by atoms with Crippen LogP contribution in [-0.4, -0.2) is 37.3 Å². The van der Waals surface area contributed by atoms with Crippen LogP contribution < -0.4 is 20.3 Å². The van der Waals surface area contributed by atoms with Gasteiger partial charge < -0.3 is 25.7 Å². The van der Waals surface area contributed by atoms with E-state index in [-0.39, 0.29) is 17.6 Å². The van der Waals surface area contributed by atoms with Crippen molar-refractivity contribution < 1.29 is 13.9 Å². The molecule has 1 unspecified atom stereocenters. The van der Waals surface area contributed by atoms with E-state index in [1.165, 1.54) is 24.1 Å². The van der Waals surface area contributed by atoms with Crippen LogP contribution in [-0.2, 0) is 11.2 Å². The van der Waals surface area contributed by atoms with Crippen LogP contribution in [0.25, 0.3) is 5.57 Å². The van der Waals surface area contributed by atoms with E-state index in [9.17, 15) is 4.79 Å². The second-order valence-electron chi connectivity index (χ2n) is 8.69. The maximum atomic E-state index is 15.5. The van der Waals surface area contributed by atoms with Crippen LogP contribution in [0.15, 0.2) is 42.6 Å². The molecule has 2 heterocycles. The summed E-state index contributed by atoms with van der Waals surface area (Å²) in [6.07, 6.45) is 6.27. The van der Waals surface area contributed by atoms with E-state index < -0.39 is 5.82 Å². The highest BCUT2D eigenvalue weighted by Crippen LogP contribution is 2.44. The molecule has 2 aliphatic heterocycles. The predicted molar refractivity (Wildman–Crippen MR) is 130 cm³/mol. The third-order valence-corrected chi connectivity index (χ3v) is 6.38. The minimum absolute atomic E-state index is 0.0979. The Labute approximate surface area is 194 Å². The number of piperidine rings is 1. The van der Waals surface area contributed by atoms with Crippen LogP contribution in [0.1, 0.15) is 44.2 Å². The Hall–Kier alpha value is -3.19. The number of allylic oxidation sites excluding steroid dienone is 1. The van der Waals surface area contributed by atoms with Gasteiger partial charge in [-0.15, -0.1) is 0 Å². The van der Waals surface area contributed by atoms with Gasteiger partial charge >= 0.3 is 0 Å². The first kappa shape index (κ1) is 23.0. The molecule has 2 aromatic rings. The Kier molecular flexibility index (Phi) is 7.08. The summed E-state index contributed by atoms with van der Waals surface area (Å²) in [5.41, 5.74) is 1.99. The van der Waals surface area contributed by atoms with Crippen molar-refractivity contribution in [3.8, 4) is 11.5 Å². The van der Waals surface area contributed by atoms with Gasteiger partial charge in [0.1, 0.15) is 17.3 Å². The Balaban J connectivity index is 1.82. The second-order valence-corrected chi connectivity index (χ2v) is 8.69. The number of nitrogens with one attached hydrogen (secondary N) is 3. The number of para-hydroxylation sites is 1. The molecule has 174 valence electrons. The van der Waals surface area contributed by atoms with Crippen molar-refractivity contribution in [2.24, 2.45) is 0 Å². The number of ether oxygens (including phenoxy) is 1. The monoisotopic (exact) mass is 450 g/mol. The van der Waals surface area contributed by atoms with Crippen molar-refractivity contribution in [2.45, 2.75) is 51.6 Å². The molecule has 0 radical (unpaired) electrons. The van der Waals surface area contributed by atoms with E-state index >= 15 is 4.39 Å². The van der Waals surface area contributed by atoms with Gasteiger partial charge in [0.25, 0.3) is 0 Å². The number of carbonyl (C=O) groups excluding carboxylic acids is 1. The lowest BCUT2D eigenvalue weighted by atomic mass is 9.91. The smallest absolute Gasteiger partial charge is 0.224 e. The molecule has 7 heteroatoms. The Morgan fingerprint density at radius 1 is 1.24 bits per heavy atom. The molecule has 0 bridgehead atoms. The largest absolute Gasteiger partial charge is 0.456 e. The molecule has 3 N–H and O–H groups in total. The quantitative estimate of drug-likeness (QED) is 0.561. The number of rotatable bonds is 6. The fourth-order valence-electron chi connectivity index (χ4n) is 4.67. The van der Waals surface area contributed by atoms with Gasteiger partial charge in [0, 0.05) is 48.1 Å². The molecule has 2 aliphatic rings. The maximum Gasteiger partial charge on any atom is 0.224 e. The topological polar surface area (TPSA) is 77.5 Å². The van der Waals surface area contributed by atoms with E-state index in [2.05, 4.69) is 10.6 Å². The SMILES string of the molecule is CC(=O)N1c2c(F)cc(/C(C=N)=C/NC3CCNCC3)c(Oc3ccccc3)c2CCC1C. The average molecular weight is 451 g/mol. The van der Waals surface area contributed by atoms with Crippen LogP contribution in [0.5, 0.6) is 11.5 Å². The minimum atomic E-state index is -0.475. The van der Waals surface area contributed by atoms with Gasteiger partial charge in [-0.3, -0.25) is 4.79 Å². The molecule has 0 saturated carbocycles. The lowest BCUT2D eigenvalue weighted by Gasteiger charge is -2.36. The van der Waals surface area contributed by atoms with Crippen molar-refractivity contribution >= 4 is 23.4 Å². The molecule has 33 heavy (non-hydrogen) atoms. The number of hydrogen-bond donors (Lipinski definition) is 3. The fourth-order valence-corrected chi connectivity index (χ4v) is 4.67. The number of hydrogen-bond acceptors (Lipinski definition) is 5. The Morgan fingerprint density at radius 2 is 1.97 bits per heavy atom. The number of halogens is 1. The van der Waals surface area contributed by atoms with Crippen LogP contribution in [0.3, 0.4) is 0 Å². The molecule has 0 aromatic heterocycles. The zero-order chi connectivity index (χ0) is 23.4. The number of amides is 1. The van der Waals surface area contributed by atoms with Crippen LogP contribution in [0.4, 0.5) is 10.1 Å². The molecule has 2 aromatic carbocycles. The Morgan fingerprint density at radius 3 is 2.64 bits per heavy atom. The van der Waals surface area contributed by atoms with Gasteiger partial charge in [-0.05, 0) is 63.9 Å². The normalized spacial score (nSPS) is 19.1. The van der Waals surface area contributed by atoms with Gasteiger partial charge in [0.05, 0.1) is 5.69 Å². The van der Waals surface area contributed by atoms with E-state index in [0.29, 0.717) is 47.1 Å². The summed E-state index contributed by atoms with van der Waals surface area (Å²) < 4.78 is 21.9. The summed E-state index contributed by atoms with van der Waals surface area (Å²) in [6, 6.07) is 10.9. The molecule has 1 fully saturated rings. The summed E-state index contributed by atoms with van der Waals surface area (Å²) in [5, 5.41) is 14.8. The molecular weight excluding hydrogens is 419 g/mol. The van der Waals surface area contributed by atoms with Gasteiger partial charge in [-0.25, -0.2) is 4.39 Å². The first-order valence-corrected chi connectivity index (χ1v) is 11.6. The molecule has 0 spiro atoms. The summed E-state index contributed by atoms with van der Waals surface area (Å²) in [5.74, 6) is 0.446. The van der Waals surface area contributed by atoms with Crippen LogP contribution in [0.2, 0.25) is 0 Å². The number of nitrogens with zero attached hydrogens (tertiary/aromatic N) is 1. The third-order valence-electron chi connectivity index (χ3n) is 6.38. The zero-order valence-electron chi connectivity index (χ0n) is 19.2. The first-order chi connectivity index (χ1) is 16.0. The standard InChI is InChI=1S/C26H31FN4O2/c1-17-8-9-22-25(31(17)18(2)32)24(27)14-23(26(22)33-21-6-4-3-5-7-21)19(15-28)16-30-20-10-12-29-13-11-20/h3-7,14-17,20,28-30H,8-13H2,1-2H3/b19-16+,28-15?. The van der Waals surface area contributed by atoms with E-state index in [0.717, 1.165) is 25.9 Å².